The topological polar surface area (TPSA) is 75.3 Å². The number of hydrogen-bond acceptors (Lipinski definition) is 3. The molecule has 1 atom stereocenters. The number of hydrogen-bond donors (Lipinski definition) is 2. The fraction of sp³-hybridized carbons (Fsp3) is 0.240. The number of benzene rings is 3. The molecule has 0 fully saturated rings. The van der Waals surface area contributed by atoms with Crippen LogP contribution in [0.1, 0.15) is 45.5 Å². The average Bonchev–Trinajstić information content (AvgIpc) is 2.75. The lowest BCUT2D eigenvalue weighted by molar-refractivity contribution is 0.0951. The molecule has 0 aliphatic heterocycles. The van der Waals surface area contributed by atoms with Crippen molar-refractivity contribution >= 4 is 21.6 Å². The van der Waals surface area contributed by atoms with Crippen LogP contribution < -0.4 is 10.0 Å². The molecule has 0 saturated carbocycles. The molecule has 3 rings (SSSR count). The number of rotatable bonds is 7. The molecule has 5 nitrogen and oxygen atoms in total. The molecular weight excluding hydrogens is 408 g/mol. The van der Waals surface area contributed by atoms with Crippen LogP contribution in [0.25, 0.3) is 0 Å². The smallest absolute Gasteiger partial charge is 0.262 e. The zero-order chi connectivity index (χ0) is 22.6. The Morgan fingerprint density at radius 1 is 0.903 bits per heavy atom. The Kier molecular flexibility index (Phi) is 6.81. The molecule has 0 aliphatic carbocycles. The maximum Gasteiger partial charge on any atom is 0.262 e. The second kappa shape index (κ2) is 9.35. The van der Waals surface area contributed by atoms with Gasteiger partial charge in [-0.25, -0.2) is 8.42 Å². The van der Waals surface area contributed by atoms with Gasteiger partial charge in [-0.3, -0.25) is 9.52 Å². The van der Waals surface area contributed by atoms with Crippen LogP contribution in [0.3, 0.4) is 0 Å². The van der Waals surface area contributed by atoms with Crippen LogP contribution in [0.4, 0.5) is 5.69 Å². The van der Waals surface area contributed by atoms with E-state index in [9.17, 15) is 13.2 Å². The number of sulfonamides is 1. The van der Waals surface area contributed by atoms with Gasteiger partial charge in [0, 0.05) is 12.1 Å². The van der Waals surface area contributed by atoms with Crippen molar-refractivity contribution in [1.29, 1.82) is 0 Å². The molecule has 0 saturated heterocycles. The van der Waals surface area contributed by atoms with E-state index < -0.39 is 10.0 Å². The molecule has 0 bridgehead atoms. The minimum absolute atomic E-state index is 0.0946. The minimum atomic E-state index is -3.84. The Hall–Kier alpha value is -3.12. The van der Waals surface area contributed by atoms with E-state index in [0.717, 1.165) is 16.7 Å². The summed E-state index contributed by atoms with van der Waals surface area (Å²) >= 11 is 0. The molecule has 3 aromatic rings. The first kappa shape index (κ1) is 22.6. The van der Waals surface area contributed by atoms with E-state index in [4.69, 9.17) is 0 Å². The van der Waals surface area contributed by atoms with Crippen molar-refractivity contribution in [2.24, 2.45) is 0 Å². The van der Waals surface area contributed by atoms with Crippen LogP contribution in [-0.2, 0) is 10.0 Å². The number of amides is 1. The van der Waals surface area contributed by atoms with Crippen LogP contribution in [0.15, 0.2) is 71.6 Å². The lowest BCUT2D eigenvalue weighted by Crippen LogP contribution is -2.28. The van der Waals surface area contributed by atoms with Crippen LogP contribution in [0.5, 0.6) is 0 Å². The van der Waals surface area contributed by atoms with E-state index in [0.29, 0.717) is 23.4 Å². The zero-order valence-corrected chi connectivity index (χ0v) is 19.1. The lowest BCUT2D eigenvalue weighted by atomic mass is 10.0. The summed E-state index contributed by atoms with van der Waals surface area (Å²) in [6, 6.07) is 20.3. The third-order valence-corrected chi connectivity index (χ3v) is 6.82. The van der Waals surface area contributed by atoms with Crippen molar-refractivity contribution in [1.82, 2.24) is 5.32 Å². The average molecular weight is 437 g/mol. The highest BCUT2D eigenvalue weighted by molar-refractivity contribution is 7.92. The maximum absolute atomic E-state index is 13.1. The van der Waals surface area contributed by atoms with E-state index in [1.165, 1.54) is 6.07 Å². The fourth-order valence-electron chi connectivity index (χ4n) is 3.32. The Morgan fingerprint density at radius 3 is 2.29 bits per heavy atom. The summed E-state index contributed by atoms with van der Waals surface area (Å²) in [6.07, 6.45) is 0. The van der Waals surface area contributed by atoms with Gasteiger partial charge in [0.1, 0.15) is 0 Å². The Labute approximate surface area is 184 Å². The van der Waals surface area contributed by atoms with Gasteiger partial charge in [-0.15, -0.1) is 0 Å². The van der Waals surface area contributed by atoms with E-state index in [-0.39, 0.29) is 16.7 Å². The molecule has 6 heteroatoms. The van der Waals surface area contributed by atoms with E-state index in [2.05, 4.69) is 10.0 Å². The number of anilines is 1. The molecule has 3 aromatic carbocycles. The fourth-order valence-corrected chi connectivity index (χ4v) is 4.72. The summed E-state index contributed by atoms with van der Waals surface area (Å²) in [4.78, 5) is 12.8. The van der Waals surface area contributed by atoms with E-state index >= 15 is 0 Å². The first-order valence-corrected chi connectivity index (χ1v) is 11.7. The number of carbonyl (C=O) groups excluding carboxylic acids is 1. The van der Waals surface area contributed by atoms with Gasteiger partial charge >= 0.3 is 0 Å². The minimum Gasteiger partial charge on any atom is -0.351 e. The lowest BCUT2D eigenvalue weighted by Gasteiger charge is -2.15. The van der Waals surface area contributed by atoms with Gasteiger partial charge in [0.05, 0.1) is 10.6 Å². The Balaban J connectivity index is 1.79. The van der Waals surface area contributed by atoms with Gasteiger partial charge < -0.3 is 5.32 Å². The van der Waals surface area contributed by atoms with Crippen molar-refractivity contribution in [2.45, 2.75) is 38.5 Å². The molecule has 0 spiro atoms. The van der Waals surface area contributed by atoms with Crippen LogP contribution in [0, 0.1) is 20.8 Å². The van der Waals surface area contributed by atoms with Crippen molar-refractivity contribution < 1.29 is 13.2 Å². The predicted octanol–water partition coefficient (Wildman–Crippen LogP) is 4.95. The van der Waals surface area contributed by atoms with Gasteiger partial charge in [0.15, 0.2) is 0 Å². The molecule has 0 heterocycles. The maximum atomic E-state index is 13.1. The number of nitrogens with one attached hydrogen (secondary N) is 2. The molecule has 0 aliphatic rings. The molecule has 0 unspecified atom stereocenters. The first-order valence-electron chi connectivity index (χ1n) is 10.2. The molecule has 1 amide bonds. The third kappa shape index (κ3) is 5.52. The second-order valence-electron chi connectivity index (χ2n) is 7.93. The van der Waals surface area contributed by atoms with Crippen molar-refractivity contribution in [2.75, 3.05) is 11.3 Å². The second-order valence-corrected chi connectivity index (χ2v) is 9.58. The van der Waals surface area contributed by atoms with E-state index in [1.54, 1.807) is 25.1 Å². The zero-order valence-electron chi connectivity index (χ0n) is 18.3. The predicted molar refractivity (Wildman–Crippen MR) is 125 cm³/mol. The van der Waals surface area contributed by atoms with Crippen LogP contribution in [-0.4, -0.2) is 20.9 Å². The van der Waals surface area contributed by atoms with Crippen LogP contribution in [0.2, 0.25) is 0 Å². The summed E-state index contributed by atoms with van der Waals surface area (Å²) < 4.78 is 28.8. The highest BCUT2D eigenvalue weighted by Crippen LogP contribution is 2.24. The molecule has 0 radical (unpaired) electrons. The van der Waals surface area contributed by atoms with Crippen molar-refractivity contribution in [3.63, 3.8) is 0 Å². The Bertz CT molecular complexity index is 1190. The van der Waals surface area contributed by atoms with Gasteiger partial charge in [-0.2, -0.15) is 0 Å². The highest BCUT2D eigenvalue weighted by atomic mass is 32.2. The normalized spacial score (nSPS) is 12.3. The van der Waals surface area contributed by atoms with Gasteiger partial charge in [-0.05, 0) is 67.1 Å². The van der Waals surface area contributed by atoms with Gasteiger partial charge in [0.2, 0.25) is 0 Å². The largest absolute Gasteiger partial charge is 0.351 e. The first-order chi connectivity index (χ1) is 14.7. The molecule has 162 valence electrons. The van der Waals surface area contributed by atoms with Crippen LogP contribution >= 0.6 is 0 Å². The number of carbonyl (C=O) groups is 1. The third-order valence-electron chi connectivity index (χ3n) is 5.31. The summed E-state index contributed by atoms with van der Waals surface area (Å²) in [5.41, 5.74) is 4.34. The summed E-state index contributed by atoms with van der Waals surface area (Å²) in [7, 11) is -3.84. The summed E-state index contributed by atoms with van der Waals surface area (Å²) in [6.45, 7) is 7.97. The number of aryl methyl sites for hydroxylation is 3. The monoisotopic (exact) mass is 436 g/mol. The van der Waals surface area contributed by atoms with Crippen molar-refractivity contribution in [3.05, 3.63) is 94.5 Å². The highest BCUT2D eigenvalue weighted by Gasteiger charge is 2.20. The SMILES string of the molecule is Cc1ccc(C)c(NS(=O)(=O)c2cc(C(=O)NC[C@H](C)c3ccccc3)ccc2C)c1. The van der Waals surface area contributed by atoms with Gasteiger partial charge in [-0.1, -0.05) is 55.5 Å². The van der Waals surface area contributed by atoms with Crippen molar-refractivity contribution in [3.8, 4) is 0 Å². The molecular formula is C25H28N2O3S. The van der Waals surface area contributed by atoms with E-state index in [1.807, 2.05) is 63.2 Å². The summed E-state index contributed by atoms with van der Waals surface area (Å²) in [5.74, 6) is -0.157. The molecule has 31 heavy (non-hydrogen) atoms. The summed E-state index contributed by atoms with van der Waals surface area (Å²) in [5, 5.41) is 2.91. The Morgan fingerprint density at radius 2 is 1.58 bits per heavy atom. The quantitative estimate of drug-likeness (QED) is 0.550. The van der Waals surface area contributed by atoms with Gasteiger partial charge in [0.25, 0.3) is 15.9 Å². The molecule has 2 N–H and O–H groups in total. The standard InChI is InChI=1S/C25H28N2O3S/c1-17-10-11-18(2)23(14-17)27-31(29,30)24-15-22(13-12-19(24)3)25(28)26-16-20(4)21-8-6-5-7-9-21/h5-15,20,27H,16H2,1-4H3,(H,26,28)/t20-/m0/s1. The molecule has 0 aromatic heterocycles.